The number of amides is 1. The molecule has 0 saturated carbocycles. The minimum absolute atomic E-state index is 0. The lowest BCUT2D eigenvalue weighted by atomic mass is 9.95. The number of hydrogen-bond acceptors (Lipinski definition) is 3. The van der Waals surface area contributed by atoms with Crippen LogP contribution in [0, 0.1) is 5.92 Å². The van der Waals surface area contributed by atoms with Crippen LogP contribution in [0.15, 0.2) is 35.3 Å². The van der Waals surface area contributed by atoms with Crippen LogP contribution in [0.3, 0.4) is 0 Å². The normalized spacial score (nSPS) is 18.0. The summed E-state index contributed by atoms with van der Waals surface area (Å²) in [5.74, 6) is 0.862. The summed E-state index contributed by atoms with van der Waals surface area (Å²) in [4.78, 5) is 18.4. The minimum atomic E-state index is -0.453. The van der Waals surface area contributed by atoms with Crippen LogP contribution in [0.4, 0.5) is 10.5 Å². The number of carbonyl (C=O) groups excluding carboxylic acids is 1. The van der Waals surface area contributed by atoms with E-state index in [2.05, 4.69) is 10.3 Å². The van der Waals surface area contributed by atoms with Gasteiger partial charge in [0.2, 0.25) is 0 Å². The maximum atomic E-state index is 12.2. The van der Waals surface area contributed by atoms with Crippen LogP contribution in [0.25, 0.3) is 0 Å². The first-order valence-electron chi connectivity index (χ1n) is 8.93. The highest BCUT2D eigenvalue weighted by Gasteiger charge is 2.27. The van der Waals surface area contributed by atoms with Gasteiger partial charge in [0.15, 0.2) is 5.96 Å². The number of nitrogens with one attached hydrogen (secondary N) is 1. The van der Waals surface area contributed by atoms with Crippen molar-refractivity contribution in [2.24, 2.45) is 16.6 Å². The summed E-state index contributed by atoms with van der Waals surface area (Å²) >= 11 is 0. The van der Waals surface area contributed by atoms with Crippen molar-refractivity contribution in [3.05, 3.63) is 30.3 Å². The molecule has 1 aromatic rings. The van der Waals surface area contributed by atoms with Crippen LogP contribution in [-0.2, 0) is 4.74 Å². The summed E-state index contributed by atoms with van der Waals surface area (Å²) in [6.07, 6.45) is 2.81. The minimum Gasteiger partial charge on any atom is -0.444 e. The van der Waals surface area contributed by atoms with E-state index < -0.39 is 5.60 Å². The molecule has 1 aliphatic rings. The third kappa shape index (κ3) is 8.25. The number of para-hydroxylation sites is 1. The fraction of sp³-hybridized carbons (Fsp3) is 0.579. The Labute approximate surface area is 173 Å². The number of ether oxygens (including phenoxy) is 1. The number of nitrogens with two attached hydrogens (primary N) is 1. The van der Waals surface area contributed by atoms with Gasteiger partial charge in [-0.05, 0) is 58.1 Å². The Morgan fingerprint density at radius 2 is 2.04 bits per heavy atom. The van der Waals surface area contributed by atoms with Gasteiger partial charge in [0.1, 0.15) is 5.60 Å². The van der Waals surface area contributed by atoms with Crippen LogP contribution >= 0.6 is 24.0 Å². The molecule has 3 N–H and O–H groups in total. The number of likely N-dealkylation sites (tertiary alicyclic amines) is 1. The van der Waals surface area contributed by atoms with Gasteiger partial charge >= 0.3 is 6.09 Å². The summed E-state index contributed by atoms with van der Waals surface area (Å²) in [5.41, 5.74) is 6.40. The number of rotatable bonds is 4. The summed E-state index contributed by atoms with van der Waals surface area (Å²) in [7, 11) is 0. The molecule has 0 bridgehead atoms. The lowest BCUT2D eigenvalue weighted by Gasteiger charge is -2.34. The van der Waals surface area contributed by atoms with Gasteiger partial charge in [-0.15, -0.1) is 24.0 Å². The highest BCUT2D eigenvalue weighted by atomic mass is 127. The Balaban J connectivity index is 0.00000338. The van der Waals surface area contributed by atoms with Crippen molar-refractivity contribution in [3.8, 4) is 0 Å². The molecular weight excluding hydrogens is 443 g/mol. The standard InChI is InChI=1S/C19H30N4O2.HI/c1-19(2,3)25-18(24)23-13-7-8-15(14-23)11-12-21-17(20)22-16-9-5-4-6-10-16;/h4-6,9-10,15H,7-8,11-14H2,1-3H3,(H3,20,21,22);1H. The molecule has 146 valence electrons. The van der Waals surface area contributed by atoms with Crippen LogP contribution in [0.1, 0.15) is 40.0 Å². The molecule has 1 heterocycles. The third-order valence-electron chi connectivity index (χ3n) is 4.04. The Kier molecular flexibility index (Phi) is 9.18. The molecule has 26 heavy (non-hydrogen) atoms. The predicted molar refractivity (Wildman–Crippen MR) is 117 cm³/mol. The first-order valence-corrected chi connectivity index (χ1v) is 8.93. The zero-order valence-corrected chi connectivity index (χ0v) is 18.2. The zero-order valence-electron chi connectivity index (χ0n) is 15.9. The van der Waals surface area contributed by atoms with E-state index in [-0.39, 0.29) is 30.1 Å². The second-order valence-electron chi connectivity index (χ2n) is 7.48. The molecule has 1 unspecified atom stereocenters. The van der Waals surface area contributed by atoms with Crippen molar-refractivity contribution in [3.63, 3.8) is 0 Å². The Morgan fingerprint density at radius 3 is 2.69 bits per heavy atom. The van der Waals surface area contributed by atoms with E-state index in [0.29, 0.717) is 18.4 Å². The van der Waals surface area contributed by atoms with E-state index in [0.717, 1.165) is 38.0 Å². The maximum Gasteiger partial charge on any atom is 0.410 e. The van der Waals surface area contributed by atoms with E-state index in [9.17, 15) is 4.79 Å². The number of halogens is 1. The number of nitrogens with zero attached hydrogens (tertiary/aromatic N) is 2. The van der Waals surface area contributed by atoms with E-state index in [1.54, 1.807) is 0 Å². The molecule has 0 aliphatic carbocycles. The van der Waals surface area contributed by atoms with Crippen molar-refractivity contribution >= 4 is 41.7 Å². The average molecular weight is 474 g/mol. The van der Waals surface area contributed by atoms with Crippen molar-refractivity contribution in [2.45, 2.75) is 45.6 Å². The number of piperidine rings is 1. The molecule has 1 aliphatic heterocycles. The van der Waals surface area contributed by atoms with E-state index in [4.69, 9.17) is 10.5 Å². The van der Waals surface area contributed by atoms with Crippen LogP contribution in [0.2, 0.25) is 0 Å². The number of aliphatic imine (C=N–C) groups is 1. The Bertz CT molecular complexity index is 587. The molecule has 1 atom stereocenters. The van der Waals surface area contributed by atoms with Crippen molar-refractivity contribution in [1.82, 2.24) is 4.90 Å². The van der Waals surface area contributed by atoms with Gasteiger partial charge in [0, 0.05) is 25.3 Å². The molecule has 0 radical (unpaired) electrons. The van der Waals surface area contributed by atoms with Gasteiger partial charge in [-0.25, -0.2) is 4.79 Å². The zero-order chi connectivity index (χ0) is 18.3. The summed E-state index contributed by atoms with van der Waals surface area (Å²) in [6.45, 7) is 7.83. The molecule has 6 nitrogen and oxygen atoms in total. The van der Waals surface area contributed by atoms with Gasteiger partial charge in [-0.2, -0.15) is 0 Å². The lowest BCUT2D eigenvalue weighted by molar-refractivity contribution is 0.0163. The second-order valence-corrected chi connectivity index (χ2v) is 7.48. The number of guanidine groups is 1. The molecule has 7 heteroatoms. The molecule has 0 spiro atoms. The van der Waals surface area contributed by atoms with E-state index >= 15 is 0 Å². The molecule has 1 aromatic carbocycles. The van der Waals surface area contributed by atoms with Crippen molar-refractivity contribution in [2.75, 3.05) is 25.0 Å². The molecule has 2 rings (SSSR count). The number of anilines is 1. The molecular formula is C19H31IN4O2. The first kappa shape index (κ1) is 22.5. The van der Waals surface area contributed by atoms with Gasteiger partial charge in [0.25, 0.3) is 0 Å². The highest BCUT2D eigenvalue weighted by Crippen LogP contribution is 2.21. The predicted octanol–water partition coefficient (Wildman–Crippen LogP) is 4.07. The van der Waals surface area contributed by atoms with Crippen molar-refractivity contribution < 1.29 is 9.53 Å². The quantitative estimate of drug-likeness (QED) is 0.392. The second kappa shape index (κ2) is 10.6. The van der Waals surface area contributed by atoms with E-state index in [1.807, 2.05) is 56.0 Å². The van der Waals surface area contributed by atoms with Gasteiger partial charge in [-0.1, -0.05) is 18.2 Å². The van der Waals surface area contributed by atoms with Crippen LogP contribution in [-0.4, -0.2) is 42.2 Å². The smallest absolute Gasteiger partial charge is 0.410 e. The highest BCUT2D eigenvalue weighted by molar-refractivity contribution is 14.0. The summed E-state index contributed by atoms with van der Waals surface area (Å²) in [6, 6.07) is 9.74. The molecule has 1 fully saturated rings. The average Bonchev–Trinajstić information content (AvgIpc) is 2.54. The molecule has 1 amide bonds. The summed E-state index contributed by atoms with van der Waals surface area (Å²) < 4.78 is 5.46. The van der Waals surface area contributed by atoms with Gasteiger partial charge in [0.05, 0.1) is 0 Å². The first-order chi connectivity index (χ1) is 11.8. The van der Waals surface area contributed by atoms with E-state index in [1.165, 1.54) is 0 Å². The number of benzene rings is 1. The monoisotopic (exact) mass is 474 g/mol. The lowest BCUT2D eigenvalue weighted by Crippen LogP contribution is -2.43. The number of carbonyl (C=O) groups is 1. The fourth-order valence-electron chi connectivity index (χ4n) is 2.87. The Hall–Kier alpha value is -1.51. The maximum absolute atomic E-state index is 12.2. The molecule has 0 aromatic heterocycles. The SMILES string of the molecule is CC(C)(C)OC(=O)N1CCCC(CCN=C(N)Nc2ccccc2)C1.I. The van der Waals surface area contributed by atoms with Crippen LogP contribution < -0.4 is 11.1 Å². The summed E-state index contributed by atoms with van der Waals surface area (Å²) in [5, 5.41) is 3.08. The topological polar surface area (TPSA) is 80.0 Å². The largest absolute Gasteiger partial charge is 0.444 e. The van der Waals surface area contributed by atoms with Gasteiger partial charge < -0.3 is 20.7 Å². The van der Waals surface area contributed by atoms with Gasteiger partial charge in [-0.3, -0.25) is 4.99 Å². The Morgan fingerprint density at radius 1 is 1.35 bits per heavy atom. The molecule has 1 saturated heterocycles. The third-order valence-corrected chi connectivity index (χ3v) is 4.04. The van der Waals surface area contributed by atoms with Crippen molar-refractivity contribution in [1.29, 1.82) is 0 Å². The fourth-order valence-corrected chi connectivity index (χ4v) is 2.87. The number of hydrogen-bond donors (Lipinski definition) is 2. The van der Waals surface area contributed by atoms with Crippen LogP contribution in [0.5, 0.6) is 0 Å².